The third kappa shape index (κ3) is 4.08. The number of rotatable bonds is 7. The average Bonchev–Trinajstić information content (AvgIpc) is 3.53. The smallest absolute Gasteiger partial charge is 0.353 e. The number of nitrogens with one attached hydrogen (secondary N) is 1. The molecule has 2 aromatic rings. The van der Waals surface area contributed by atoms with Gasteiger partial charge in [-0.2, -0.15) is 5.10 Å². The van der Waals surface area contributed by atoms with E-state index in [-0.39, 0.29) is 24.9 Å². The number of ether oxygens (including phenoxy) is 1. The van der Waals surface area contributed by atoms with Crippen molar-refractivity contribution < 1.29 is 19.2 Å². The number of oxime groups is 1. The van der Waals surface area contributed by atoms with Gasteiger partial charge in [0.25, 0.3) is 5.91 Å². The standard InChI is InChI=1S/C22H26N4O4/c1-29-21(28)22(13-16-7-3-2-4-8-16)14-17(25-30-22)15-23-20(27)19-11-12-24-26(19)18-9-5-6-10-18/h2-4,7-8,11-12,18H,5-6,9-10,13-15H2,1H3,(H,23,27). The minimum atomic E-state index is -1.21. The lowest BCUT2D eigenvalue weighted by atomic mass is 9.89. The number of carbonyl (C=O) groups excluding carboxylic acids is 2. The summed E-state index contributed by atoms with van der Waals surface area (Å²) in [6.45, 7) is 0.197. The zero-order valence-corrected chi connectivity index (χ0v) is 17.0. The van der Waals surface area contributed by atoms with Crippen molar-refractivity contribution in [1.82, 2.24) is 15.1 Å². The first kappa shape index (κ1) is 20.1. The Morgan fingerprint density at radius 1 is 1.23 bits per heavy atom. The Morgan fingerprint density at radius 3 is 2.73 bits per heavy atom. The lowest BCUT2D eigenvalue weighted by Crippen LogP contribution is -2.43. The maximum absolute atomic E-state index is 12.7. The van der Waals surface area contributed by atoms with Crippen LogP contribution in [0.15, 0.2) is 47.8 Å². The van der Waals surface area contributed by atoms with E-state index in [1.54, 1.807) is 12.3 Å². The predicted molar refractivity (Wildman–Crippen MR) is 110 cm³/mol. The molecule has 158 valence electrons. The monoisotopic (exact) mass is 410 g/mol. The highest BCUT2D eigenvalue weighted by Crippen LogP contribution is 2.31. The summed E-state index contributed by atoms with van der Waals surface area (Å²) in [5.41, 5.74) is 0.882. The number of methoxy groups -OCH3 is 1. The quantitative estimate of drug-likeness (QED) is 0.708. The summed E-state index contributed by atoms with van der Waals surface area (Å²) >= 11 is 0. The number of hydrogen-bond acceptors (Lipinski definition) is 6. The van der Waals surface area contributed by atoms with Crippen LogP contribution >= 0.6 is 0 Å². The van der Waals surface area contributed by atoms with E-state index in [0.717, 1.165) is 31.2 Å². The molecular formula is C22H26N4O4. The molecule has 1 amide bonds. The highest BCUT2D eigenvalue weighted by atomic mass is 16.7. The van der Waals surface area contributed by atoms with Gasteiger partial charge in [0.1, 0.15) is 5.69 Å². The number of amides is 1. The van der Waals surface area contributed by atoms with Crippen molar-refractivity contribution in [3.8, 4) is 0 Å². The van der Waals surface area contributed by atoms with Crippen LogP contribution in [0.25, 0.3) is 0 Å². The lowest BCUT2D eigenvalue weighted by molar-refractivity contribution is -0.166. The summed E-state index contributed by atoms with van der Waals surface area (Å²) in [6, 6.07) is 11.6. The Hall–Kier alpha value is -3.16. The second kappa shape index (κ2) is 8.69. The van der Waals surface area contributed by atoms with Crippen molar-refractivity contribution in [3.63, 3.8) is 0 Å². The molecule has 1 aliphatic heterocycles. The second-order valence-corrected chi connectivity index (χ2v) is 7.86. The maximum atomic E-state index is 12.7. The second-order valence-electron chi connectivity index (χ2n) is 7.86. The van der Waals surface area contributed by atoms with Crippen LogP contribution in [0.3, 0.4) is 0 Å². The fraction of sp³-hybridized carbons (Fsp3) is 0.455. The molecule has 2 aliphatic rings. The Morgan fingerprint density at radius 2 is 2.00 bits per heavy atom. The summed E-state index contributed by atoms with van der Waals surface area (Å²) < 4.78 is 6.80. The Bertz CT molecular complexity index is 934. The van der Waals surface area contributed by atoms with Crippen LogP contribution in [-0.2, 0) is 20.8 Å². The molecular weight excluding hydrogens is 384 g/mol. The summed E-state index contributed by atoms with van der Waals surface area (Å²) in [6.07, 6.45) is 6.68. The minimum Gasteiger partial charge on any atom is -0.466 e. The van der Waals surface area contributed by atoms with Gasteiger partial charge in [-0.15, -0.1) is 0 Å². The molecule has 1 N–H and O–H groups in total. The van der Waals surface area contributed by atoms with E-state index in [4.69, 9.17) is 9.57 Å². The van der Waals surface area contributed by atoms with Gasteiger partial charge < -0.3 is 14.9 Å². The Kier molecular flexibility index (Phi) is 5.83. The molecule has 1 saturated carbocycles. The molecule has 30 heavy (non-hydrogen) atoms. The summed E-state index contributed by atoms with van der Waals surface area (Å²) in [4.78, 5) is 30.8. The van der Waals surface area contributed by atoms with Gasteiger partial charge in [-0.05, 0) is 24.5 Å². The molecule has 1 atom stereocenters. The first-order valence-electron chi connectivity index (χ1n) is 10.3. The Labute approximate surface area is 175 Å². The summed E-state index contributed by atoms with van der Waals surface area (Å²) in [7, 11) is 1.34. The van der Waals surface area contributed by atoms with Crippen LogP contribution in [0.2, 0.25) is 0 Å². The predicted octanol–water partition coefficient (Wildman–Crippen LogP) is 2.66. The molecule has 1 aromatic carbocycles. The molecule has 1 unspecified atom stereocenters. The van der Waals surface area contributed by atoms with E-state index in [2.05, 4.69) is 15.6 Å². The van der Waals surface area contributed by atoms with Gasteiger partial charge in [0.05, 0.1) is 25.4 Å². The van der Waals surface area contributed by atoms with Gasteiger partial charge in [0.15, 0.2) is 0 Å². The summed E-state index contributed by atoms with van der Waals surface area (Å²) in [5, 5.41) is 11.3. The van der Waals surface area contributed by atoms with Crippen molar-refractivity contribution in [1.29, 1.82) is 0 Å². The Balaban J connectivity index is 1.39. The first-order chi connectivity index (χ1) is 14.6. The number of esters is 1. The van der Waals surface area contributed by atoms with E-state index < -0.39 is 11.6 Å². The fourth-order valence-corrected chi connectivity index (χ4v) is 4.24. The normalized spacial score (nSPS) is 21.2. The number of hydrogen-bond donors (Lipinski definition) is 1. The van der Waals surface area contributed by atoms with Crippen molar-refractivity contribution in [2.24, 2.45) is 5.16 Å². The van der Waals surface area contributed by atoms with Crippen LogP contribution in [0, 0.1) is 0 Å². The van der Waals surface area contributed by atoms with Gasteiger partial charge in [0.2, 0.25) is 5.60 Å². The van der Waals surface area contributed by atoms with E-state index in [0.29, 0.717) is 17.8 Å². The average molecular weight is 410 g/mol. The van der Waals surface area contributed by atoms with E-state index >= 15 is 0 Å². The van der Waals surface area contributed by atoms with E-state index in [1.807, 2.05) is 35.0 Å². The zero-order valence-electron chi connectivity index (χ0n) is 17.0. The lowest BCUT2D eigenvalue weighted by Gasteiger charge is -2.23. The molecule has 8 nitrogen and oxygen atoms in total. The number of nitrogens with zero attached hydrogens (tertiary/aromatic N) is 3. The number of benzene rings is 1. The summed E-state index contributed by atoms with van der Waals surface area (Å²) in [5.74, 6) is -0.684. The molecule has 1 aromatic heterocycles. The highest BCUT2D eigenvalue weighted by molar-refractivity contribution is 5.99. The zero-order chi connectivity index (χ0) is 21.0. The minimum absolute atomic E-state index is 0.197. The van der Waals surface area contributed by atoms with Gasteiger partial charge >= 0.3 is 5.97 Å². The molecule has 1 aliphatic carbocycles. The van der Waals surface area contributed by atoms with Crippen LogP contribution in [0.1, 0.15) is 54.2 Å². The molecule has 0 radical (unpaired) electrons. The third-order valence-electron chi connectivity index (χ3n) is 5.76. The number of aromatic nitrogens is 2. The van der Waals surface area contributed by atoms with Crippen LogP contribution in [0.4, 0.5) is 0 Å². The molecule has 1 fully saturated rings. The van der Waals surface area contributed by atoms with Crippen molar-refractivity contribution in [2.45, 2.75) is 50.2 Å². The molecule has 0 saturated heterocycles. The van der Waals surface area contributed by atoms with Crippen molar-refractivity contribution in [3.05, 3.63) is 53.9 Å². The van der Waals surface area contributed by atoms with Gasteiger partial charge in [-0.3, -0.25) is 9.48 Å². The third-order valence-corrected chi connectivity index (χ3v) is 5.76. The number of carbonyl (C=O) groups is 2. The molecule has 4 rings (SSSR count). The van der Waals surface area contributed by atoms with Crippen molar-refractivity contribution >= 4 is 17.6 Å². The molecule has 0 spiro atoms. The maximum Gasteiger partial charge on any atom is 0.353 e. The van der Waals surface area contributed by atoms with Gasteiger partial charge in [-0.25, -0.2) is 4.79 Å². The van der Waals surface area contributed by atoms with Crippen LogP contribution in [0.5, 0.6) is 0 Å². The van der Waals surface area contributed by atoms with Crippen LogP contribution < -0.4 is 5.32 Å². The topological polar surface area (TPSA) is 94.8 Å². The first-order valence-corrected chi connectivity index (χ1v) is 10.3. The van der Waals surface area contributed by atoms with E-state index in [9.17, 15) is 9.59 Å². The highest BCUT2D eigenvalue weighted by Gasteiger charge is 2.47. The fourth-order valence-electron chi connectivity index (χ4n) is 4.24. The molecule has 0 bridgehead atoms. The van der Waals surface area contributed by atoms with Gasteiger partial charge in [0, 0.05) is 19.0 Å². The molecule has 2 heterocycles. The van der Waals surface area contributed by atoms with Crippen LogP contribution in [-0.4, -0.2) is 46.6 Å². The van der Waals surface area contributed by atoms with E-state index in [1.165, 1.54) is 7.11 Å². The largest absolute Gasteiger partial charge is 0.466 e. The SMILES string of the molecule is COC(=O)C1(Cc2ccccc2)CC(CNC(=O)c2ccnn2C2CCCC2)=NO1. The van der Waals surface area contributed by atoms with Crippen molar-refractivity contribution in [2.75, 3.05) is 13.7 Å². The molecule has 8 heteroatoms. The van der Waals surface area contributed by atoms with Gasteiger partial charge in [-0.1, -0.05) is 48.3 Å².